The molecule has 1 atom stereocenters. The molecular weight excluding hydrogens is 216 g/mol. The molecule has 3 heteroatoms. The second-order valence-electron chi connectivity index (χ2n) is 4.80. The highest BCUT2D eigenvalue weighted by Gasteiger charge is 2.15. The van der Waals surface area contributed by atoms with Crippen LogP contribution >= 0.6 is 0 Å². The summed E-state index contributed by atoms with van der Waals surface area (Å²) in [5.41, 5.74) is 0. The Hall–Kier alpha value is -0.860. The zero-order chi connectivity index (χ0) is 13.1. The van der Waals surface area contributed by atoms with Gasteiger partial charge in [0.2, 0.25) is 0 Å². The van der Waals surface area contributed by atoms with E-state index in [1.54, 1.807) is 6.92 Å². The molecule has 0 saturated carbocycles. The molecule has 0 aromatic heterocycles. The van der Waals surface area contributed by atoms with Crippen molar-refractivity contribution in [3.05, 3.63) is 0 Å². The highest BCUT2D eigenvalue weighted by molar-refractivity contribution is 5.79. The first kappa shape index (κ1) is 16.1. The Labute approximate surface area is 105 Å². The first-order chi connectivity index (χ1) is 8.07. The van der Waals surface area contributed by atoms with E-state index in [1.165, 1.54) is 25.7 Å². The molecule has 1 unspecified atom stereocenters. The van der Waals surface area contributed by atoms with E-state index in [0.717, 1.165) is 19.3 Å². The van der Waals surface area contributed by atoms with Crippen molar-refractivity contribution in [3.63, 3.8) is 0 Å². The molecule has 0 aliphatic heterocycles. The molecule has 0 aromatic rings. The average Bonchev–Trinajstić information content (AvgIpc) is 2.26. The predicted molar refractivity (Wildman–Crippen MR) is 69.0 cm³/mol. The minimum absolute atomic E-state index is 0.0442. The number of carbonyl (C=O) groups is 2. The van der Waals surface area contributed by atoms with Crippen LogP contribution in [0.3, 0.4) is 0 Å². The van der Waals surface area contributed by atoms with Crippen LogP contribution in [-0.2, 0) is 9.59 Å². The summed E-state index contributed by atoms with van der Waals surface area (Å²) < 4.78 is 0. The van der Waals surface area contributed by atoms with Gasteiger partial charge in [-0.2, -0.15) is 0 Å². The number of hydrogen-bond acceptors (Lipinski definition) is 2. The van der Waals surface area contributed by atoms with E-state index in [4.69, 9.17) is 5.11 Å². The number of Topliss-reactive ketones (excluding diaryl/α,β-unsaturated/α-hetero) is 1. The van der Waals surface area contributed by atoms with Gasteiger partial charge >= 0.3 is 5.97 Å². The van der Waals surface area contributed by atoms with Gasteiger partial charge in [0.25, 0.3) is 0 Å². The van der Waals surface area contributed by atoms with Gasteiger partial charge < -0.3 is 5.11 Å². The van der Waals surface area contributed by atoms with Crippen LogP contribution < -0.4 is 0 Å². The van der Waals surface area contributed by atoms with Crippen LogP contribution in [0.15, 0.2) is 0 Å². The van der Waals surface area contributed by atoms with Gasteiger partial charge in [-0.15, -0.1) is 0 Å². The molecule has 0 aliphatic rings. The summed E-state index contributed by atoms with van der Waals surface area (Å²) in [5.74, 6) is -0.712. The fourth-order valence-electron chi connectivity index (χ4n) is 2.02. The van der Waals surface area contributed by atoms with Gasteiger partial charge in [0.1, 0.15) is 5.78 Å². The molecular formula is C14H26O3. The van der Waals surface area contributed by atoms with Crippen LogP contribution in [-0.4, -0.2) is 16.9 Å². The Morgan fingerprint density at radius 3 is 2.12 bits per heavy atom. The minimum atomic E-state index is -0.806. The largest absolute Gasteiger partial charge is 0.481 e. The van der Waals surface area contributed by atoms with Crippen molar-refractivity contribution in [2.45, 2.75) is 71.6 Å². The van der Waals surface area contributed by atoms with Crippen LogP contribution in [0, 0.1) is 5.92 Å². The molecule has 0 fully saturated rings. The maximum atomic E-state index is 11.3. The number of rotatable bonds is 11. The van der Waals surface area contributed by atoms with Crippen LogP contribution in [0.5, 0.6) is 0 Å². The number of carbonyl (C=O) groups excluding carboxylic acids is 1. The number of carboxylic acid groups (broad SMARTS) is 1. The summed E-state index contributed by atoms with van der Waals surface area (Å²) in [6.07, 6.45) is 8.72. The van der Waals surface area contributed by atoms with Gasteiger partial charge in [0, 0.05) is 12.3 Å². The first-order valence-electron chi connectivity index (χ1n) is 6.80. The zero-order valence-electron chi connectivity index (χ0n) is 11.2. The third-order valence-electron chi connectivity index (χ3n) is 3.19. The van der Waals surface area contributed by atoms with Gasteiger partial charge in [-0.05, 0) is 19.8 Å². The lowest BCUT2D eigenvalue weighted by atomic mass is 9.92. The van der Waals surface area contributed by atoms with Crippen molar-refractivity contribution in [2.75, 3.05) is 0 Å². The molecule has 17 heavy (non-hydrogen) atoms. The quantitative estimate of drug-likeness (QED) is 0.560. The van der Waals surface area contributed by atoms with E-state index in [0.29, 0.717) is 6.42 Å². The van der Waals surface area contributed by atoms with Gasteiger partial charge in [-0.25, -0.2) is 0 Å². The van der Waals surface area contributed by atoms with E-state index in [1.807, 2.05) is 0 Å². The second kappa shape index (κ2) is 10.3. The third kappa shape index (κ3) is 10.0. The predicted octanol–water partition coefficient (Wildman–Crippen LogP) is 3.81. The lowest BCUT2D eigenvalue weighted by Crippen LogP contribution is -2.12. The Kier molecular flexibility index (Phi) is 9.78. The van der Waals surface area contributed by atoms with E-state index in [9.17, 15) is 9.59 Å². The number of aliphatic carboxylic acids is 1. The Balaban J connectivity index is 3.63. The number of carboxylic acids is 1. The topological polar surface area (TPSA) is 54.4 Å². The summed E-state index contributed by atoms with van der Waals surface area (Å²) >= 11 is 0. The normalized spacial score (nSPS) is 12.4. The van der Waals surface area contributed by atoms with Gasteiger partial charge in [0.15, 0.2) is 0 Å². The summed E-state index contributed by atoms with van der Waals surface area (Å²) in [7, 11) is 0. The van der Waals surface area contributed by atoms with Crippen molar-refractivity contribution < 1.29 is 14.7 Å². The summed E-state index contributed by atoms with van der Waals surface area (Å²) in [5, 5.41) is 8.60. The average molecular weight is 242 g/mol. The molecule has 0 bridgehead atoms. The maximum absolute atomic E-state index is 11.3. The molecule has 0 aliphatic carbocycles. The van der Waals surface area contributed by atoms with Gasteiger partial charge in [-0.3, -0.25) is 9.59 Å². The van der Waals surface area contributed by atoms with Crippen molar-refractivity contribution in [2.24, 2.45) is 5.92 Å². The number of hydrogen-bond donors (Lipinski definition) is 1. The highest BCUT2D eigenvalue weighted by atomic mass is 16.4. The smallest absolute Gasteiger partial charge is 0.303 e. The molecule has 0 heterocycles. The van der Waals surface area contributed by atoms with Crippen LogP contribution in [0.1, 0.15) is 71.6 Å². The SMILES string of the molecule is CCCCCCCCC(CCC(=O)O)C(C)=O. The zero-order valence-corrected chi connectivity index (χ0v) is 11.2. The van der Waals surface area contributed by atoms with Crippen LogP contribution in [0.4, 0.5) is 0 Å². The third-order valence-corrected chi connectivity index (χ3v) is 3.19. The van der Waals surface area contributed by atoms with E-state index >= 15 is 0 Å². The fraction of sp³-hybridized carbons (Fsp3) is 0.857. The molecule has 1 N–H and O–H groups in total. The van der Waals surface area contributed by atoms with Crippen molar-refractivity contribution in [1.82, 2.24) is 0 Å². The fourth-order valence-corrected chi connectivity index (χ4v) is 2.02. The minimum Gasteiger partial charge on any atom is -0.481 e. The molecule has 0 spiro atoms. The van der Waals surface area contributed by atoms with Crippen LogP contribution in [0.2, 0.25) is 0 Å². The lowest BCUT2D eigenvalue weighted by Gasteiger charge is -2.12. The maximum Gasteiger partial charge on any atom is 0.303 e. The lowest BCUT2D eigenvalue weighted by molar-refractivity contribution is -0.137. The number of ketones is 1. The summed E-state index contributed by atoms with van der Waals surface area (Å²) in [6, 6.07) is 0. The Morgan fingerprint density at radius 1 is 1.00 bits per heavy atom. The molecule has 0 amide bonds. The molecule has 100 valence electrons. The van der Waals surface area contributed by atoms with Gasteiger partial charge in [0.05, 0.1) is 0 Å². The highest BCUT2D eigenvalue weighted by Crippen LogP contribution is 2.17. The van der Waals surface area contributed by atoms with E-state index < -0.39 is 5.97 Å². The second-order valence-corrected chi connectivity index (χ2v) is 4.80. The Bertz CT molecular complexity index is 224. The van der Waals surface area contributed by atoms with Crippen molar-refractivity contribution >= 4 is 11.8 Å². The van der Waals surface area contributed by atoms with Crippen LogP contribution in [0.25, 0.3) is 0 Å². The van der Waals surface area contributed by atoms with E-state index in [2.05, 4.69) is 6.92 Å². The standard InChI is InChI=1S/C14H26O3/c1-3-4-5-6-7-8-9-13(12(2)15)10-11-14(16)17/h13H,3-11H2,1-2H3,(H,16,17). The Morgan fingerprint density at radius 2 is 1.59 bits per heavy atom. The van der Waals surface area contributed by atoms with E-state index in [-0.39, 0.29) is 18.1 Å². The van der Waals surface area contributed by atoms with Crippen molar-refractivity contribution in [1.29, 1.82) is 0 Å². The first-order valence-corrected chi connectivity index (χ1v) is 6.80. The summed E-state index contributed by atoms with van der Waals surface area (Å²) in [4.78, 5) is 21.8. The number of unbranched alkanes of at least 4 members (excludes halogenated alkanes) is 5. The molecule has 0 radical (unpaired) electrons. The molecule has 3 nitrogen and oxygen atoms in total. The monoisotopic (exact) mass is 242 g/mol. The molecule has 0 saturated heterocycles. The molecule has 0 aromatic carbocycles. The van der Waals surface area contributed by atoms with Crippen molar-refractivity contribution in [3.8, 4) is 0 Å². The molecule has 0 rings (SSSR count). The summed E-state index contributed by atoms with van der Waals surface area (Å²) in [6.45, 7) is 3.77. The van der Waals surface area contributed by atoms with Gasteiger partial charge in [-0.1, -0.05) is 45.4 Å².